The van der Waals surface area contributed by atoms with Crippen LogP contribution in [-0.2, 0) is 0 Å². The van der Waals surface area contributed by atoms with Gasteiger partial charge in [0.15, 0.2) is 11.5 Å². The highest BCUT2D eigenvalue weighted by Crippen LogP contribution is 2.35. The van der Waals surface area contributed by atoms with Crippen molar-refractivity contribution in [2.45, 2.75) is 52.0 Å². The topological polar surface area (TPSA) is 83.0 Å². The SMILES string of the molecule is CC(C)NCC(O)COc1ccc2ccccc2c1OCC(O)CNC(C)C. The van der Waals surface area contributed by atoms with Gasteiger partial charge in [-0.1, -0.05) is 58.0 Å². The lowest BCUT2D eigenvalue weighted by Gasteiger charge is -2.20. The second-order valence-corrected chi connectivity index (χ2v) is 7.67. The monoisotopic (exact) mass is 390 g/mol. The first-order valence-corrected chi connectivity index (χ1v) is 9.97. The molecule has 0 saturated heterocycles. The van der Waals surface area contributed by atoms with Crippen molar-refractivity contribution >= 4 is 10.8 Å². The van der Waals surface area contributed by atoms with Gasteiger partial charge in [0.25, 0.3) is 0 Å². The van der Waals surface area contributed by atoms with Gasteiger partial charge in [-0.3, -0.25) is 0 Å². The zero-order valence-electron chi connectivity index (χ0n) is 17.3. The fourth-order valence-corrected chi connectivity index (χ4v) is 2.71. The first-order valence-electron chi connectivity index (χ1n) is 9.97. The van der Waals surface area contributed by atoms with Gasteiger partial charge in [-0.05, 0) is 11.5 Å². The second kappa shape index (κ2) is 11.2. The zero-order valence-corrected chi connectivity index (χ0v) is 17.3. The highest BCUT2D eigenvalue weighted by Gasteiger charge is 2.15. The molecule has 0 saturated carbocycles. The quantitative estimate of drug-likeness (QED) is 0.445. The van der Waals surface area contributed by atoms with Crippen LogP contribution in [0.2, 0.25) is 0 Å². The Balaban J connectivity index is 2.08. The maximum absolute atomic E-state index is 10.2. The van der Waals surface area contributed by atoms with E-state index in [0.29, 0.717) is 36.7 Å². The molecule has 2 atom stereocenters. The molecule has 0 bridgehead atoms. The van der Waals surface area contributed by atoms with Crippen LogP contribution in [0.5, 0.6) is 11.5 Å². The lowest BCUT2D eigenvalue weighted by molar-refractivity contribution is 0.0917. The van der Waals surface area contributed by atoms with E-state index in [1.54, 1.807) is 0 Å². The fraction of sp³-hybridized carbons (Fsp3) is 0.545. The predicted molar refractivity (Wildman–Crippen MR) is 113 cm³/mol. The maximum atomic E-state index is 10.2. The van der Waals surface area contributed by atoms with Gasteiger partial charge in [0.05, 0.1) is 0 Å². The van der Waals surface area contributed by atoms with Crippen molar-refractivity contribution in [3.63, 3.8) is 0 Å². The van der Waals surface area contributed by atoms with Crippen molar-refractivity contribution in [1.29, 1.82) is 0 Å². The van der Waals surface area contributed by atoms with E-state index in [2.05, 4.69) is 10.6 Å². The van der Waals surface area contributed by atoms with E-state index in [0.717, 1.165) is 10.8 Å². The van der Waals surface area contributed by atoms with Crippen LogP contribution in [0.3, 0.4) is 0 Å². The first-order chi connectivity index (χ1) is 13.4. The summed E-state index contributed by atoms with van der Waals surface area (Å²) in [5.74, 6) is 1.15. The molecule has 4 N–H and O–H groups in total. The Morgan fingerprint density at radius 3 is 1.96 bits per heavy atom. The lowest BCUT2D eigenvalue weighted by atomic mass is 10.1. The predicted octanol–water partition coefficient (Wildman–Crippen LogP) is 2.32. The van der Waals surface area contributed by atoms with Crippen LogP contribution in [0.1, 0.15) is 27.7 Å². The Labute approximate surface area is 167 Å². The third-order valence-corrected chi connectivity index (χ3v) is 4.22. The third kappa shape index (κ3) is 7.28. The van der Waals surface area contributed by atoms with Gasteiger partial charge in [-0.25, -0.2) is 0 Å². The highest BCUT2D eigenvalue weighted by molar-refractivity contribution is 5.90. The van der Waals surface area contributed by atoms with Gasteiger partial charge < -0.3 is 30.3 Å². The van der Waals surface area contributed by atoms with Crippen molar-refractivity contribution in [3.8, 4) is 11.5 Å². The molecule has 28 heavy (non-hydrogen) atoms. The Hall–Kier alpha value is -1.86. The smallest absolute Gasteiger partial charge is 0.169 e. The summed E-state index contributed by atoms with van der Waals surface area (Å²) in [6.07, 6.45) is -1.25. The van der Waals surface area contributed by atoms with Crippen LogP contribution >= 0.6 is 0 Å². The molecule has 0 aromatic heterocycles. The van der Waals surface area contributed by atoms with E-state index < -0.39 is 12.2 Å². The summed E-state index contributed by atoms with van der Waals surface area (Å²) in [6.45, 7) is 9.35. The molecule has 6 nitrogen and oxygen atoms in total. The van der Waals surface area contributed by atoms with E-state index in [4.69, 9.17) is 9.47 Å². The molecule has 2 aromatic carbocycles. The molecule has 0 aliphatic heterocycles. The number of nitrogens with one attached hydrogen (secondary N) is 2. The molecule has 0 aliphatic carbocycles. The number of ether oxygens (including phenoxy) is 2. The van der Waals surface area contributed by atoms with Crippen LogP contribution in [0.15, 0.2) is 36.4 Å². The average Bonchev–Trinajstić information content (AvgIpc) is 2.67. The number of rotatable bonds is 12. The van der Waals surface area contributed by atoms with Crippen molar-refractivity contribution < 1.29 is 19.7 Å². The summed E-state index contributed by atoms with van der Waals surface area (Å²) >= 11 is 0. The van der Waals surface area contributed by atoms with Crippen molar-refractivity contribution in [2.24, 2.45) is 0 Å². The highest BCUT2D eigenvalue weighted by atomic mass is 16.5. The summed E-state index contributed by atoms with van der Waals surface area (Å²) in [7, 11) is 0. The minimum atomic E-state index is -0.630. The summed E-state index contributed by atoms with van der Waals surface area (Å²) in [5, 5.41) is 28.6. The van der Waals surface area contributed by atoms with Crippen LogP contribution < -0.4 is 20.1 Å². The molecule has 2 unspecified atom stereocenters. The molecule has 0 aliphatic rings. The van der Waals surface area contributed by atoms with E-state index in [1.807, 2.05) is 64.1 Å². The van der Waals surface area contributed by atoms with Gasteiger partial charge in [-0.2, -0.15) is 0 Å². The molecule has 0 radical (unpaired) electrons. The largest absolute Gasteiger partial charge is 0.487 e. The minimum Gasteiger partial charge on any atom is -0.487 e. The molecule has 0 heterocycles. The molecule has 0 amide bonds. The number of fused-ring (bicyclic) bond motifs is 1. The van der Waals surface area contributed by atoms with Crippen LogP contribution in [-0.4, -0.2) is 60.8 Å². The van der Waals surface area contributed by atoms with Crippen LogP contribution in [0.4, 0.5) is 0 Å². The Morgan fingerprint density at radius 1 is 0.786 bits per heavy atom. The van der Waals surface area contributed by atoms with Gasteiger partial charge in [0, 0.05) is 30.6 Å². The molecular weight excluding hydrogens is 356 g/mol. The van der Waals surface area contributed by atoms with Crippen LogP contribution in [0.25, 0.3) is 10.8 Å². The zero-order chi connectivity index (χ0) is 20.5. The summed E-state index contributed by atoms with van der Waals surface area (Å²) < 4.78 is 11.8. The molecule has 2 rings (SSSR count). The summed E-state index contributed by atoms with van der Waals surface area (Å²) in [5.41, 5.74) is 0. The maximum Gasteiger partial charge on any atom is 0.169 e. The molecule has 0 fully saturated rings. The molecular formula is C22H34N2O4. The Kier molecular flexibility index (Phi) is 8.99. The fourth-order valence-electron chi connectivity index (χ4n) is 2.71. The van der Waals surface area contributed by atoms with Crippen molar-refractivity contribution in [2.75, 3.05) is 26.3 Å². The van der Waals surface area contributed by atoms with Crippen molar-refractivity contribution in [1.82, 2.24) is 10.6 Å². The number of aliphatic hydroxyl groups excluding tert-OH is 2. The Morgan fingerprint density at radius 2 is 1.36 bits per heavy atom. The number of aliphatic hydroxyl groups is 2. The summed E-state index contributed by atoms with van der Waals surface area (Å²) in [4.78, 5) is 0. The van der Waals surface area contributed by atoms with Gasteiger partial charge in [0.1, 0.15) is 25.4 Å². The van der Waals surface area contributed by atoms with Gasteiger partial charge >= 0.3 is 0 Å². The number of hydrogen-bond acceptors (Lipinski definition) is 6. The minimum absolute atomic E-state index is 0.154. The number of hydrogen-bond donors (Lipinski definition) is 4. The van der Waals surface area contributed by atoms with Crippen LogP contribution in [0, 0.1) is 0 Å². The second-order valence-electron chi connectivity index (χ2n) is 7.67. The Bertz CT molecular complexity index is 721. The average molecular weight is 391 g/mol. The van der Waals surface area contributed by atoms with E-state index in [1.165, 1.54) is 0 Å². The molecule has 2 aromatic rings. The third-order valence-electron chi connectivity index (χ3n) is 4.22. The van der Waals surface area contributed by atoms with Gasteiger partial charge in [0.2, 0.25) is 0 Å². The van der Waals surface area contributed by atoms with Crippen molar-refractivity contribution in [3.05, 3.63) is 36.4 Å². The van der Waals surface area contributed by atoms with E-state index in [-0.39, 0.29) is 13.2 Å². The first kappa shape index (κ1) is 22.4. The normalized spacial score (nSPS) is 13.9. The number of benzene rings is 2. The standard InChI is InChI=1S/C22H34N2O4/c1-15(2)23-11-18(25)13-27-21-10-9-17-7-5-6-8-20(17)22(21)28-14-19(26)12-24-16(3)4/h5-10,15-16,18-19,23-26H,11-14H2,1-4H3. The molecule has 0 spiro atoms. The lowest BCUT2D eigenvalue weighted by Crippen LogP contribution is -2.35. The molecule has 6 heteroatoms. The van der Waals surface area contributed by atoms with E-state index >= 15 is 0 Å². The summed E-state index contributed by atoms with van der Waals surface area (Å²) in [6, 6.07) is 12.3. The van der Waals surface area contributed by atoms with E-state index in [9.17, 15) is 10.2 Å². The van der Waals surface area contributed by atoms with Gasteiger partial charge in [-0.15, -0.1) is 0 Å². The molecule has 156 valence electrons.